The van der Waals surface area contributed by atoms with E-state index in [1.165, 1.54) is 7.11 Å². The maximum absolute atomic E-state index is 12.5. The lowest BCUT2D eigenvalue weighted by atomic mass is 10.1. The molecule has 21 heavy (non-hydrogen) atoms. The summed E-state index contributed by atoms with van der Waals surface area (Å²) < 4.78 is 10.5. The van der Waals surface area contributed by atoms with E-state index in [2.05, 4.69) is 22.9 Å². The van der Waals surface area contributed by atoms with E-state index in [-0.39, 0.29) is 23.6 Å². The Kier molecular flexibility index (Phi) is 7.50. The Morgan fingerprint density at radius 1 is 1.38 bits per heavy atom. The van der Waals surface area contributed by atoms with Crippen LogP contribution >= 0.6 is 15.9 Å². The van der Waals surface area contributed by atoms with Gasteiger partial charge < -0.3 is 14.1 Å². The molecule has 118 valence electrons. The molecule has 1 aromatic heterocycles. The molecule has 0 aliphatic rings. The van der Waals surface area contributed by atoms with Crippen LogP contribution in [0.1, 0.15) is 43.7 Å². The Morgan fingerprint density at radius 3 is 2.62 bits per heavy atom. The van der Waals surface area contributed by atoms with Gasteiger partial charge in [-0.1, -0.05) is 26.7 Å². The van der Waals surface area contributed by atoms with Gasteiger partial charge in [0.15, 0.2) is 10.4 Å². The fourth-order valence-corrected chi connectivity index (χ4v) is 2.33. The maximum atomic E-state index is 12.5. The van der Waals surface area contributed by atoms with Crippen molar-refractivity contribution in [3.63, 3.8) is 0 Å². The van der Waals surface area contributed by atoms with Crippen molar-refractivity contribution < 1.29 is 18.7 Å². The zero-order valence-corrected chi connectivity index (χ0v) is 14.3. The molecule has 1 unspecified atom stereocenters. The molecule has 1 aromatic rings. The van der Waals surface area contributed by atoms with Gasteiger partial charge in [-0.3, -0.25) is 9.59 Å². The molecule has 1 rings (SSSR count). The number of hydrogen-bond acceptors (Lipinski definition) is 4. The minimum absolute atomic E-state index is 0.201. The smallest absolute Gasteiger partial charge is 0.310 e. The van der Waals surface area contributed by atoms with Gasteiger partial charge in [-0.25, -0.2) is 0 Å². The number of amides is 1. The standard InChI is InChI=1S/C15H22BrNO4/c1-4-5-6-9-17(10-11(2)15(19)20-3)14(18)12-7-8-13(16)21-12/h7-8,11H,4-6,9-10H2,1-3H3. The summed E-state index contributed by atoms with van der Waals surface area (Å²) in [4.78, 5) is 25.7. The second kappa shape index (κ2) is 8.87. The van der Waals surface area contributed by atoms with Crippen molar-refractivity contribution in [1.29, 1.82) is 0 Å². The largest absolute Gasteiger partial charge is 0.469 e. The van der Waals surface area contributed by atoms with Crippen LogP contribution < -0.4 is 0 Å². The Bertz CT molecular complexity index is 472. The van der Waals surface area contributed by atoms with Crippen molar-refractivity contribution >= 4 is 27.8 Å². The molecule has 1 heterocycles. The molecule has 0 radical (unpaired) electrons. The first kappa shape index (κ1) is 17.8. The molecular formula is C15H22BrNO4. The first-order valence-electron chi connectivity index (χ1n) is 7.12. The lowest BCUT2D eigenvalue weighted by Crippen LogP contribution is -2.37. The second-order valence-electron chi connectivity index (χ2n) is 4.99. The highest BCUT2D eigenvalue weighted by Gasteiger charge is 2.24. The van der Waals surface area contributed by atoms with Crippen LogP contribution in [0, 0.1) is 5.92 Å². The molecule has 0 saturated carbocycles. The summed E-state index contributed by atoms with van der Waals surface area (Å²) in [5, 5.41) is 0. The second-order valence-corrected chi connectivity index (χ2v) is 5.77. The van der Waals surface area contributed by atoms with Crippen LogP contribution in [0.3, 0.4) is 0 Å². The van der Waals surface area contributed by atoms with Crippen LogP contribution in [0.25, 0.3) is 0 Å². The predicted molar refractivity (Wildman–Crippen MR) is 83.0 cm³/mol. The normalized spacial score (nSPS) is 12.0. The Hall–Kier alpha value is -1.30. The summed E-state index contributed by atoms with van der Waals surface area (Å²) in [5.74, 6) is -0.606. The summed E-state index contributed by atoms with van der Waals surface area (Å²) in [7, 11) is 1.35. The monoisotopic (exact) mass is 359 g/mol. The van der Waals surface area contributed by atoms with Crippen molar-refractivity contribution in [2.75, 3.05) is 20.2 Å². The van der Waals surface area contributed by atoms with Gasteiger partial charge in [0.05, 0.1) is 13.0 Å². The van der Waals surface area contributed by atoms with Gasteiger partial charge in [-0.2, -0.15) is 0 Å². The number of ether oxygens (including phenoxy) is 1. The number of halogens is 1. The fourth-order valence-electron chi connectivity index (χ4n) is 2.02. The highest BCUT2D eigenvalue weighted by atomic mass is 79.9. The summed E-state index contributed by atoms with van der Waals surface area (Å²) in [6.07, 6.45) is 3.01. The maximum Gasteiger partial charge on any atom is 0.310 e. The molecule has 0 aliphatic heterocycles. The van der Waals surface area contributed by atoms with E-state index in [9.17, 15) is 9.59 Å². The minimum Gasteiger partial charge on any atom is -0.469 e. The van der Waals surface area contributed by atoms with Crippen molar-refractivity contribution in [3.8, 4) is 0 Å². The Balaban J connectivity index is 2.75. The van der Waals surface area contributed by atoms with Crippen molar-refractivity contribution in [2.24, 2.45) is 5.92 Å². The average Bonchev–Trinajstić information content (AvgIpc) is 2.91. The zero-order chi connectivity index (χ0) is 15.8. The third-order valence-corrected chi connectivity index (χ3v) is 3.63. The molecule has 5 nitrogen and oxygen atoms in total. The van der Waals surface area contributed by atoms with Crippen LogP contribution in [0.4, 0.5) is 0 Å². The van der Waals surface area contributed by atoms with Crippen LogP contribution in [0.2, 0.25) is 0 Å². The number of rotatable bonds is 8. The molecule has 0 spiro atoms. The molecule has 0 fully saturated rings. The molecule has 1 atom stereocenters. The quantitative estimate of drug-likeness (QED) is 0.526. The van der Waals surface area contributed by atoms with Gasteiger partial charge in [-0.05, 0) is 34.5 Å². The van der Waals surface area contributed by atoms with Crippen LogP contribution in [-0.2, 0) is 9.53 Å². The van der Waals surface area contributed by atoms with Gasteiger partial charge in [0.2, 0.25) is 0 Å². The number of methoxy groups -OCH3 is 1. The SMILES string of the molecule is CCCCCN(CC(C)C(=O)OC)C(=O)c1ccc(Br)o1. The number of nitrogens with zero attached hydrogens (tertiary/aromatic N) is 1. The fraction of sp³-hybridized carbons (Fsp3) is 0.600. The van der Waals surface area contributed by atoms with E-state index in [1.807, 2.05) is 0 Å². The number of hydrogen-bond donors (Lipinski definition) is 0. The van der Waals surface area contributed by atoms with E-state index < -0.39 is 0 Å². The van der Waals surface area contributed by atoms with E-state index in [0.717, 1.165) is 19.3 Å². The summed E-state index contributed by atoms with van der Waals surface area (Å²) >= 11 is 3.19. The number of furan rings is 1. The molecular weight excluding hydrogens is 338 g/mol. The third kappa shape index (κ3) is 5.53. The highest BCUT2D eigenvalue weighted by Crippen LogP contribution is 2.17. The Labute approximate surface area is 133 Å². The lowest BCUT2D eigenvalue weighted by Gasteiger charge is -2.24. The van der Waals surface area contributed by atoms with Crippen molar-refractivity contribution in [3.05, 3.63) is 22.6 Å². The van der Waals surface area contributed by atoms with Gasteiger partial charge in [0, 0.05) is 13.1 Å². The molecule has 0 N–H and O–H groups in total. The van der Waals surface area contributed by atoms with E-state index >= 15 is 0 Å². The number of carbonyl (C=O) groups is 2. The topological polar surface area (TPSA) is 59.8 Å². The van der Waals surface area contributed by atoms with Gasteiger partial charge in [-0.15, -0.1) is 0 Å². The molecule has 6 heteroatoms. The van der Waals surface area contributed by atoms with Gasteiger partial charge in [0.25, 0.3) is 5.91 Å². The third-order valence-electron chi connectivity index (χ3n) is 3.20. The van der Waals surface area contributed by atoms with Gasteiger partial charge >= 0.3 is 5.97 Å². The lowest BCUT2D eigenvalue weighted by molar-refractivity contribution is -0.145. The number of esters is 1. The molecule has 1 amide bonds. The molecule has 0 saturated heterocycles. The summed E-state index contributed by atoms with van der Waals surface area (Å²) in [6.45, 7) is 4.79. The number of unbranched alkanes of at least 4 members (excludes halogenated alkanes) is 2. The van der Waals surface area contributed by atoms with E-state index in [1.54, 1.807) is 24.0 Å². The van der Waals surface area contributed by atoms with E-state index in [0.29, 0.717) is 17.8 Å². The first-order valence-corrected chi connectivity index (χ1v) is 7.91. The predicted octanol–water partition coefficient (Wildman–Crippen LogP) is 3.48. The average molecular weight is 360 g/mol. The van der Waals surface area contributed by atoms with Gasteiger partial charge in [0.1, 0.15) is 0 Å². The van der Waals surface area contributed by atoms with Crippen LogP contribution in [0.5, 0.6) is 0 Å². The molecule has 0 bridgehead atoms. The van der Waals surface area contributed by atoms with E-state index in [4.69, 9.17) is 9.15 Å². The highest BCUT2D eigenvalue weighted by molar-refractivity contribution is 9.10. The van der Waals surface area contributed by atoms with Crippen LogP contribution in [0.15, 0.2) is 21.2 Å². The van der Waals surface area contributed by atoms with Crippen LogP contribution in [-0.4, -0.2) is 37.0 Å². The summed E-state index contributed by atoms with van der Waals surface area (Å²) in [6, 6.07) is 3.31. The summed E-state index contributed by atoms with van der Waals surface area (Å²) in [5.41, 5.74) is 0. The Morgan fingerprint density at radius 2 is 2.10 bits per heavy atom. The van der Waals surface area contributed by atoms with Crippen molar-refractivity contribution in [2.45, 2.75) is 33.1 Å². The first-order chi connectivity index (χ1) is 9.99. The number of carbonyl (C=O) groups excluding carboxylic acids is 2. The molecule has 0 aliphatic carbocycles. The van der Waals surface area contributed by atoms with Crippen molar-refractivity contribution in [1.82, 2.24) is 4.90 Å². The minimum atomic E-state index is -0.362. The molecule has 0 aromatic carbocycles. The zero-order valence-electron chi connectivity index (χ0n) is 12.7.